The monoisotopic (exact) mass is 563 g/mol. The summed E-state index contributed by atoms with van der Waals surface area (Å²) < 4.78 is 13.1. The Balaban J connectivity index is 1.46. The average Bonchev–Trinajstić information content (AvgIpc) is 3.43. The standard InChI is InChI=1S/C30H37N5O6/c1-40-20-30(39)14-7-5-11-24(30)35-21-32-26(27(35)22-9-3-2-4-10-22)28(36)34-17-16-33(29(37)38)19-23(34)13-18-41-25-12-6-8-15-31-25/h2-4,6,8-10,12,15,21,23-24,39H,5,7,11,13-14,16-20H2,1H3,(H,37,38)/t23-,24-,30-/m1/s1. The first-order valence-electron chi connectivity index (χ1n) is 14.1. The lowest BCUT2D eigenvalue weighted by Crippen LogP contribution is -2.56. The van der Waals surface area contributed by atoms with Crippen LogP contribution in [0.4, 0.5) is 4.79 Å². The summed E-state index contributed by atoms with van der Waals surface area (Å²) in [7, 11) is 1.58. The third kappa shape index (κ3) is 6.20. The molecule has 0 radical (unpaired) electrons. The van der Waals surface area contributed by atoms with Crippen LogP contribution in [0.3, 0.4) is 0 Å². The minimum absolute atomic E-state index is 0.171. The molecule has 0 spiro atoms. The Morgan fingerprint density at radius 3 is 2.61 bits per heavy atom. The quantitative estimate of drug-likeness (QED) is 0.403. The molecular formula is C30H37N5O6. The molecule has 2 amide bonds. The smallest absolute Gasteiger partial charge is 0.407 e. The van der Waals surface area contributed by atoms with Gasteiger partial charge < -0.3 is 34.1 Å². The number of pyridine rings is 1. The maximum absolute atomic E-state index is 14.2. The van der Waals surface area contributed by atoms with Crippen LogP contribution in [0.2, 0.25) is 0 Å². The van der Waals surface area contributed by atoms with Crippen molar-refractivity contribution in [2.45, 2.75) is 49.8 Å². The molecule has 0 unspecified atom stereocenters. The van der Waals surface area contributed by atoms with Crippen LogP contribution in [0.25, 0.3) is 11.3 Å². The SMILES string of the molecule is COC[C@]1(O)CCCC[C@H]1n1cnc(C(=O)N2CCN(C(=O)O)C[C@H]2CCOc2ccccn2)c1-c1ccccc1. The van der Waals surface area contributed by atoms with Crippen molar-refractivity contribution in [1.82, 2.24) is 24.3 Å². The number of piperazine rings is 1. The van der Waals surface area contributed by atoms with Crippen LogP contribution < -0.4 is 4.74 Å². The van der Waals surface area contributed by atoms with Crippen LogP contribution in [0.1, 0.15) is 48.6 Å². The van der Waals surface area contributed by atoms with Crippen molar-refractivity contribution in [2.75, 3.05) is 40.0 Å². The predicted octanol–water partition coefficient (Wildman–Crippen LogP) is 3.71. The summed E-state index contributed by atoms with van der Waals surface area (Å²) in [6.07, 6.45) is 5.86. The number of imidazole rings is 1. The van der Waals surface area contributed by atoms with Gasteiger partial charge in [-0.1, -0.05) is 49.2 Å². The normalized spacial score (nSPS) is 22.9. The molecule has 11 nitrogen and oxygen atoms in total. The molecule has 5 rings (SSSR count). The fraction of sp³-hybridized carbons (Fsp3) is 0.467. The molecule has 41 heavy (non-hydrogen) atoms. The number of benzene rings is 1. The van der Waals surface area contributed by atoms with E-state index in [0.717, 1.165) is 24.8 Å². The third-order valence-corrected chi connectivity index (χ3v) is 8.08. The van der Waals surface area contributed by atoms with Crippen molar-refractivity contribution < 1.29 is 29.3 Å². The van der Waals surface area contributed by atoms with E-state index >= 15 is 0 Å². The van der Waals surface area contributed by atoms with E-state index < -0.39 is 17.7 Å². The van der Waals surface area contributed by atoms with Gasteiger partial charge in [0.2, 0.25) is 5.88 Å². The average molecular weight is 564 g/mol. The molecular weight excluding hydrogens is 526 g/mol. The van der Waals surface area contributed by atoms with E-state index in [2.05, 4.69) is 9.97 Å². The number of amides is 2. The van der Waals surface area contributed by atoms with Crippen molar-refractivity contribution in [3.63, 3.8) is 0 Å². The number of carbonyl (C=O) groups is 2. The Morgan fingerprint density at radius 2 is 1.88 bits per heavy atom. The van der Waals surface area contributed by atoms with Crippen molar-refractivity contribution in [2.24, 2.45) is 0 Å². The maximum atomic E-state index is 14.2. The zero-order valence-electron chi connectivity index (χ0n) is 23.3. The van der Waals surface area contributed by atoms with E-state index in [9.17, 15) is 19.8 Å². The van der Waals surface area contributed by atoms with E-state index in [4.69, 9.17) is 9.47 Å². The molecule has 1 saturated heterocycles. The van der Waals surface area contributed by atoms with Gasteiger partial charge >= 0.3 is 6.09 Å². The summed E-state index contributed by atoms with van der Waals surface area (Å²) in [6, 6.07) is 14.2. The Bertz CT molecular complexity index is 1320. The summed E-state index contributed by atoms with van der Waals surface area (Å²) in [5.41, 5.74) is 0.649. The number of hydrogen-bond acceptors (Lipinski definition) is 7. The largest absolute Gasteiger partial charge is 0.478 e. The number of hydrogen-bond donors (Lipinski definition) is 2. The summed E-state index contributed by atoms with van der Waals surface area (Å²) in [5, 5.41) is 21.3. The topological polar surface area (TPSA) is 130 Å². The van der Waals surface area contributed by atoms with E-state index in [-0.39, 0.29) is 50.5 Å². The first kappa shape index (κ1) is 28.6. The predicted molar refractivity (Wildman–Crippen MR) is 151 cm³/mol. The number of aromatic nitrogens is 3. The molecule has 3 heterocycles. The lowest BCUT2D eigenvalue weighted by atomic mass is 9.80. The summed E-state index contributed by atoms with van der Waals surface area (Å²) in [6.45, 7) is 1.06. The highest BCUT2D eigenvalue weighted by atomic mass is 16.5. The molecule has 1 aromatic carbocycles. The van der Waals surface area contributed by atoms with E-state index in [1.54, 1.807) is 36.7 Å². The zero-order chi connectivity index (χ0) is 28.8. The van der Waals surface area contributed by atoms with Crippen molar-refractivity contribution in [1.29, 1.82) is 0 Å². The number of aliphatic hydroxyl groups is 1. The molecule has 1 aliphatic heterocycles. The van der Waals surface area contributed by atoms with Gasteiger partial charge in [-0.25, -0.2) is 14.8 Å². The van der Waals surface area contributed by atoms with Crippen molar-refractivity contribution in [3.05, 3.63) is 66.7 Å². The number of ether oxygens (including phenoxy) is 2. The Kier molecular flexibility index (Phi) is 8.84. The minimum atomic E-state index is -1.09. The van der Waals surface area contributed by atoms with Gasteiger partial charge in [-0.2, -0.15) is 0 Å². The fourth-order valence-corrected chi connectivity index (χ4v) is 6.07. The molecule has 1 saturated carbocycles. The molecule has 2 aliphatic rings. The van der Waals surface area contributed by atoms with Crippen molar-refractivity contribution >= 4 is 12.0 Å². The fourth-order valence-electron chi connectivity index (χ4n) is 6.07. The first-order valence-corrected chi connectivity index (χ1v) is 14.1. The summed E-state index contributed by atoms with van der Waals surface area (Å²) >= 11 is 0. The maximum Gasteiger partial charge on any atom is 0.407 e. The summed E-state index contributed by atoms with van der Waals surface area (Å²) in [4.78, 5) is 37.9. The Hall–Kier alpha value is -3.96. The highest BCUT2D eigenvalue weighted by Crippen LogP contribution is 2.41. The molecule has 3 atom stereocenters. The van der Waals surface area contributed by atoms with Crippen LogP contribution in [-0.4, -0.2) is 98.1 Å². The van der Waals surface area contributed by atoms with Gasteiger partial charge in [-0.15, -0.1) is 0 Å². The van der Waals surface area contributed by atoms with Crippen LogP contribution in [-0.2, 0) is 4.74 Å². The van der Waals surface area contributed by atoms with Crippen molar-refractivity contribution in [3.8, 4) is 17.1 Å². The van der Waals surface area contributed by atoms with Gasteiger partial charge in [0.05, 0.1) is 37.3 Å². The molecule has 3 aromatic rings. The number of carbonyl (C=O) groups excluding carboxylic acids is 1. The second-order valence-corrected chi connectivity index (χ2v) is 10.7. The van der Waals surface area contributed by atoms with Gasteiger partial charge in [0.15, 0.2) is 5.69 Å². The Labute approximate surface area is 239 Å². The molecule has 0 bridgehead atoms. The number of nitrogens with zero attached hydrogens (tertiary/aromatic N) is 5. The second kappa shape index (κ2) is 12.7. The van der Waals surface area contributed by atoms with Crippen LogP contribution in [0.15, 0.2) is 61.1 Å². The molecule has 218 valence electrons. The molecule has 11 heteroatoms. The van der Waals surface area contributed by atoms with Crippen LogP contribution in [0, 0.1) is 0 Å². The van der Waals surface area contributed by atoms with E-state index in [1.807, 2.05) is 41.0 Å². The van der Waals surface area contributed by atoms with Gasteiger partial charge in [0.1, 0.15) is 5.60 Å². The molecule has 1 aliphatic carbocycles. The third-order valence-electron chi connectivity index (χ3n) is 8.08. The zero-order valence-corrected chi connectivity index (χ0v) is 23.3. The Morgan fingerprint density at radius 1 is 1.07 bits per heavy atom. The summed E-state index contributed by atoms with van der Waals surface area (Å²) in [5.74, 6) is 0.193. The highest BCUT2D eigenvalue weighted by molar-refractivity contribution is 5.98. The molecule has 2 aromatic heterocycles. The number of rotatable bonds is 9. The van der Waals surface area contributed by atoms with Gasteiger partial charge in [0, 0.05) is 51.0 Å². The number of carboxylic acid groups (broad SMARTS) is 1. The first-order chi connectivity index (χ1) is 19.9. The van der Waals surface area contributed by atoms with E-state index in [1.165, 1.54) is 4.90 Å². The van der Waals surface area contributed by atoms with Gasteiger partial charge in [-0.05, 0) is 18.9 Å². The van der Waals surface area contributed by atoms with Crippen LogP contribution >= 0.6 is 0 Å². The van der Waals surface area contributed by atoms with Gasteiger partial charge in [0.25, 0.3) is 5.91 Å². The van der Waals surface area contributed by atoms with Gasteiger partial charge in [-0.3, -0.25) is 4.79 Å². The second-order valence-electron chi connectivity index (χ2n) is 10.7. The molecule has 2 fully saturated rings. The van der Waals surface area contributed by atoms with E-state index in [0.29, 0.717) is 24.4 Å². The van der Waals surface area contributed by atoms with Crippen LogP contribution in [0.5, 0.6) is 5.88 Å². The molecule has 2 N–H and O–H groups in total. The number of methoxy groups -OCH3 is 1. The minimum Gasteiger partial charge on any atom is -0.478 e. The lowest BCUT2D eigenvalue weighted by molar-refractivity contribution is -0.0893. The lowest BCUT2D eigenvalue weighted by Gasteiger charge is -2.41. The highest BCUT2D eigenvalue weighted by Gasteiger charge is 2.42.